The Labute approximate surface area is 172 Å². The first-order valence-corrected chi connectivity index (χ1v) is 13.7. The summed E-state index contributed by atoms with van der Waals surface area (Å²) in [5.41, 5.74) is 0.367. The van der Waals surface area contributed by atoms with E-state index in [1.165, 1.54) is 4.90 Å². The van der Waals surface area contributed by atoms with Crippen LogP contribution in [-0.2, 0) is 25.8 Å². The minimum absolute atomic E-state index is 0.0711. The van der Waals surface area contributed by atoms with Gasteiger partial charge in [-0.05, 0) is 25.1 Å². The van der Waals surface area contributed by atoms with E-state index in [0.717, 1.165) is 6.04 Å². The lowest BCUT2D eigenvalue weighted by molar-refractivity contribution is -0.150. The number of amides is 1. The summed E-state index contributed by atoms with van der Waals surface area (Å²) in [6.07, 6.45) is 1.37. The number of nitrogens with zero attached hydrogens (tertiary/aromatic N) is 2. The van der Waals surface area contributed by atoms with Crippen LogP contribution in [0.2, 0.25) is 25.7 Å². The van der Waals surface area contributed by atoms with Gasteiger partial charge in [0.1, 0.15) is 18.7 Å². The summed E-state index contributed by atoms with van der Waals surface area (Å²) in [6.45, 7) is 9.58. The van der Waals surface area contributed by atoms with Crippen LogP contribution in [0.1, 0.15) is 23.8 Å². The molecule has 0 aromatic carbocycles. The van der Waals surface area contributed by atoms with Gasteiger partial charge >= 0.3 is 5.97 Å². The summed E-state index contributed by atoms with van der Waals surface area (Å²) in [6, 6.07) is 3.30. The topological polar surface area (TPSA) is 98.1 Å². The average molecular weight is 425 g/mol. The highest BCUT2D eigenvalue weighted by molar-refractivity contribution is 6.76. The van der Waals surface area contributed by atoms with Gasteiger partial charge in [0.05, 0.1) is 12.7 Å². The van der Waals surface area contributed by atoms with Gasteiger partial charge < -0.3 is 28.8 Å². The highest BCUT2D eigenvalue weighted by Gasteiger charge is 2.48. The van der Waals surface area contributed by atoms with Crippen molar-refractivity contribution < 1.29 is 29.0 Å². The molecule has 1 aromatic rings. The number of hydrogen-bond acceptors (Lipinski definition) is 6. The summed E-state index contributed by atoms with van der Waals surface area (Å²) in [4.78, 5) is 37.8. The number of carbonyl (C=O) groups excluding carboxylic acids is 3. The van der Waals surface area contributed by atoms with E-state index in [0.29, 0.717) is 18.6 Å². The maximum Gasteiger partial charge on any atom is 0.331 e. The number of aldehydes is 1. The zero-order valence-electron chi connectivity index (χ0n) is 17.7. The normalized spacial score (nSPS) is 22.0. The number of aliphatic hydroxyl groups excluding tert-OH is 1. The van der Waals surface area contributed by atoms with E-state index in [1.807, 2.05) is 0 Å². The highest BCUT2D eigenvalue weighted by atomic mass is 28.3. The minimum atomic E-state index is -1.21. The van der Waals surface area contributed by atoms with E-state index >= 15 is 0 Å². The number of hydrogen-bond donors (Lipinski definition) is 1. The third kappa shape index (κ3) is 6.00. The molecule has 1 fully saturated rings. The number of rotatable bonds is 10. The molecule has 1 aliphatic rings. The molecule has 162 valence electrons. The Morgan fingerprint density at radius 2 is 2.07 bits per heavy atom. The van der Waals surface area contributed by atoms with Crippen molar-refractivity contribution in [3.05, 3.63) is 24.0 Å². The average Bonchev–Trinajstić information content (AvgIpc) is 3.23. The van der Waals surface area contributed by atoms with Crippen molar-refractivity contribution in [2.75, 3.05) is 19.8 Å². The van der Waals surface area contributed by atoms with Crippen molar-refractivity contribution in [3.8, 4) is 0 Å². The fourth-order valence-corrected chi connectivity index (χ4v) is 4.12. The fourth-order valence-electron chi connectivity index (χ4n) is 3.37. The number of carbonyl (C=O) groups is 3. The molecule has 2 rings (SSSR count). The Balaban J connectivity index is 2.14. The minimum Gasteiger partial charge on any atom is -0.464 e. The molecule has 8 nitrogen and oxygen atoms in total. The van der Waals surface area contributed by atoms with Crippen LogP contribution in [0.3, 0.4) is 0 Å². The highest BCUT2D eigenvalue weighted by Crippen LogP contribution is 2.28. The van der Waals surface area contributed by atoms with Crippen molar-refractivity contribution in [2.45, 2.75) is 57.9 Å². The number of ether oxygens (including phenoxy) is 2. The predicted molar refractivity (Wildman–Crippen MR) is 110 cm³/mol. The first-order valence-electron chi connectivity index (χ1n) is 10.0. The summed E-state index contributed by atoms with van der Waals surface area (Å²) in [7, 11) is -1.21. The van der Waals surface area contributed by atoms with Gasteiger partial charge in [0.2, 0.25) is 0 Å². The molecule has 0 saturated carbocycles. The Morgan fingerprint density at radius 3 is 2.69 bits per heavy atom. The molecule has 1 aliphatic heterocycles. The van der Waals surface area contributed by atoms with Crippen molar-refractivity contribution in [1.29, 1.82) is 0 Å². The van der Waals surface area contributed by atoms with Crippen molar-refractivity contribution in [3.63, 3.8) is 0 Å². The molecule has 0 bridgehead atoms. The van der Waals surface area contributed by atoms with E-state index < -0.39 is 38.0 Å². The van der Waals surface area contributed by atoms with Gasteiger partial charge in [0.25, 0.3) is 5.91 Å². The van der Waals surface area contributed by atoms with Gasteiger partial charge in [-0.1, -0.05) is 19.6 Å². The quantitative estimate of drug-likeness (QED) is 0.266. The van der Waals surface area contributed by atoms with Gasteiger partial charge in [-0.15, -0.1) is 0 Å². The van der Waals surface area contributed by atoms with Crippen LogP contribution in [0.5, 0.6) is 0 Å². The third-order valence-electron chi connectivity index (χ3n) is 5.04. The van der Waals surface area contributed by atoms with Crippen LogP contribution in [0.4, 0.5) is 0 Å². The van der Waals surface area contributed by atoms with Gasteiger partial charge in [0.15, 0.2) is 6.04 Å². The van der Waals surface area contributed by atoms with Crippen LogP contribution < -0.4 is 0 Å². The lowest BCUT2D eigenvalue weighted by Gasteiger charge is -2.25. The summed E-state index contributed by atoms with van der Waals surface area (Å²) < 4.78 is 12.5. The molecule has 1 N–H and O–H groups in total. The summed E-state index contributed by atoms with van der Waals surface area (Å²) >= 11 is 0. The SMILES string of the molecule is CCOC(=O)C1C(O)C(CC=O)CN1C(=O)c1cccn1COCC[Si](C)(C)C. The molecular formula is C20H32N2O6Si. The molecule has 0 aliphatic carbocycles. The van der Waals surface area contributed by atoms with Crippen LogP contribution >= 0.6 is 0 Å². The molecular weight excluding hydrogens is 392 g/mol. The van der Waals surface area contributed by atoms with Crippen molar-refractivity contribution in [2.24, 2.45) is 5.92 Å². The van der Waals surface area contributed by atoms with Gasteiger partial charge in [0, 0.05) is 39.8 Å². The van der Waals surface area contributed by atoms with Crippen LogP contribution in [0.15, 0.2) is 18.3 Å². The van der Waals surface area contributed by atoms with Crippen molar-refractivity contribution >= 4 is 26.2 Å². The lowest BCUT2D eigenvalue weighted by Crippen LogP contribution is -2.46. The molecule has 1 saturated heterocycles. The van der Waals surface area contributed by atoms with E-state index in [2.05, 4.69) is 19.6 Å². The summed E-state index contributed by atoms with van der Waals surface area (Å²) in [5.74, 6) is -1.55. The third-order valence-corrected chi connectivity index (χ3v) is 6.74. The number of aromatic nitrogens is 1. The molecule has 0 spiro atoms. The largest absolute Gasteiger partial charge is 0.464 e. The molecule has 0 radical (unpaired) electrons. The van der Waals surface area contributed by atoms with Crippen LogP contribution in [0.25, 0.3) is 0 Å². The molecule has 2 heterocycles. The zero-order chi connectivity index (χ0) is 21.6. The second-order valence-electron chi connectivity index (χ2n) is 8.52. The number of aliphatic hydroxyl groups is 1. The standard InChI is InChI=1S/C20H32N2O6Si/c1-5-28-20(26)17-18(24)15(8-10-23)13-22(17)19(25)16-7-6-9-21(16)14-27-11-12-29(2,3)4/h6-7,9-10,15,17-18,24H,5,8,11-14H2,1-4H3. The smallest absolute Gasteiger partial charge is 0.331 e. The Hall–Kier alpha value is -1.97. The number of esters is 1. The summed E-state index contributed by atoms with van der Waals surface area (Å²) in [5, 5.41) is 10.5. The second-order valence-corrected chi connectivity index (χ2v) is 14.1. The monoisotopic (exact) mass is 424 g/mol. The van der Waals surface area contributed by atoms with Crippen LogP contribution in [-0.4, -0.2) is 72.7 Å². The van der Waals surface area contributed by atoms with Crippen molar-refractivity contribution in [1.82, 2.24) is 9.47 Å². The maximum atomic E-state index is 13.2. The molecule has 3 atom stereocenters. The molecule has 9 heteroatoms. The van der Waals surface area contributed by atoms with Gasteiger partial charge in [-0.3, -0.25) is 4.79 Å². The Kier molecular flexibility index (Phi) is 8.18. The van der Waals surface area contributed by atoms with E-state index in [4.69, 9.17) is 9.47 Å². The first-order chi connectivity index (χ1) is 13.7. The van der Waals surface area contributed by atoms with Gasteiger partial charge in [-0.25, -0.2) is 4.79 Å². The molecule has 1 aromatic heterocycles. The van der Waals surface area contributed by atoms with E-state index in [1.54, 1.807) is 29.8 Å². The Bertz CT molecular complexity index is 714. The Morgan fingerprint density at radius 1 is 1.34 bits per heavy atom. The molecule has 29 heavy (non-hydrogen) atoms. The molecule has 3 unspecified atom stereocenters. The lowest BCUT2D eigenvalue weighted by atomic mass is 9.99. The van der Waals surface area contributed by atoms with Gasteiger partial charge in [-0.2, -0.15) is 0 Å². The van der Waals surface area contributed by atoms with E-state index in [-0.39, 0.29) is 26.3 Å². The second kappa shape index (κ2) is 10.2. The first kappa shape index (κ1) is 23.3. The predicted octanol–water partition coefficient (Wildman–Crippen LogP) is 1.75. The van der Waals surface area contributed by atoms with E-state index in [9.17, 15) is 19.5 Å². The number of likely N-dealkylation sites (tertiary alicyclic amines) is 1. The van der Waals surface area contributed by atoms with Crippen LogP contribution in [0, 0.1) is 5.92 Å². The molecule has 1 amide bonds. The zero-order valence-corrected chi connectivity index (χ0v) is 18.7. The fraction of sp³-hybridized carbons (Fsp3) is 0.650. The maximum absolute atomic E-state index is 13.2.